The molecule has 1 fully saturated rings. The highest BCUT2D eigenvalue weighted by Gasteiger charge is 2.18. The number of ether oxygens (including phenoxy) is 1. The number of nitrogens with zero attached hydrogens (tertiary/aromatic N) is 1. The van der Waals surface area contributed by atoms with Gasteiger partial charge in [0.2, 0.25) is 0 Å². The molecule has 76 valence electrons. The highest BCUT2D eigenvalue weighted by Crippen LogP contribution is 2.10. The first-order valence-electron chi connectivity index (χ1n) is 5.02. The van der Waals surface area contributed by atoms with Gasteiger partial charge in [0.05, 0.1) is 19.4 Å². The maximum absolute atomic E-state index is 5.31. The van der Waals surface area contributed by atoms with Gasteiger partial charge in [-0.2, -0.15) is 0 Å². The summed E-state index contributed by atoms with van der Waals surface area (Å²) < 4.78 is 5.31. The van der Waals surface area contributed by atoms with E-state index in [1.165, 1.54) is 11.4 Å². The Bertz CT molecular complexity index is 297. The number of quaternary nitrogens is 1. The van der Waals surface area contributed by atoms with Gasteiger partial charge in [-0.15, -0.1) is 0 Å². The Morgan fingerprint density at radius 1 is 1.43 bits per heavy atom. The van der Waals surface area contributed by atoms with Gasteiger partial charge in [-0.3, -0.25) is 4.90 Å². The van der Waals surface area contributed by atoms with Crippen LogP contribution in [0.5, 0.6) is 0 Å². The molecule has 0 spiro atoms. The molecule has 0 radical (unpaired) electrons. The summed E-state index contributed by atoms with van der Waals surface area (Å²) in [6.45, 7) is 4.42. The molecule has 0 aromatic carbocycles. The molecular weight excluding hydrogens is 178 g/mol. The van der Waals surface area contributed by atoms with Crippen molar-refractivity contribution >= 4 is 5.82 Å². The van der Waals surface area contributed by atoms with Crippen molar-refractivity contribution in [1.29, 1.82) is 0 Å². The average Bonchev–Trinajstić information content (AvgIpc) is 2.30. The summed E-state index contributed by atoms with van der Waals surface area (Å²) in [5, 5.41) is 0. The van der Waals surface area contributed by atoms with Crippen LogP contribution in [0.15, 0.2) is 18.3 Å². The minimum atomic E-state index is 0.822. The van der Waals surface area contributed by atoms with E-state index in [-0.39, 0.29) is 0 Å². The zero-order valence-corrected chi connectivity index (χ0v) is 8.33. The molecule has 1 saturated heterocycles. The molecule has 1 aliphatic rings. The summed E-state index contributed by atoms with van der Waals surface area (Å²) in [4.78, 5) is 5.56. The summed E-state index contributed by atoms with van der Waals surface area (Å²) in [6, 6.07) is 4.23. The topological polar surface area (TPSA) is 54.2 Å². The molecular formula is C10H17N3O+2. The molecule has 0 amide bonds. The lowest BCUT2D eigenvalue weighted by Gasteiger charge is -2.21. The number of H-pyrrole nitrogens is 1. The number of aromatic amines is 1. The predicted octanol–water partition coefficient (Wildman–Crippen LogP) is -0.921. The summed E-state index contributed by atoms with van der Waals surface area (Å²) in [6.07, 6.45) is 1.98. The molecule has 1 aliphatic heterocycles. The van der Waals surface area contributed by atoms with Crippen LogP contribution in [-0.2, 0) is 11.3 Å². The Kier molecular flexibility index (Phi) is 2.96. The van der Waals surface area contributed by atoms with Crippen molar-refractivity contribution in [2.24, 2.45) is 0 Å². The quantitative estimate of drug-likeness (QED) is 0.663. The fourth-order valence-corrected chi connectivity index (χ4v) is 1.64. The van der Waals surface area contributed by atoms with Crippen molar-refractivity contribution in [1.82, 2.24) is 0 Å². The molecule has 2 heterocycles. The minimum absolute atomic E-state index is 0.822. The predicted molar refractivity (Wildman–Crippen MR) is 52.6 cm³/mol. The van der Waals surface area contributed by atoms with Crippen LogP contribution in [0, 0.1) is 0 Å². The van der Waals surface area contributed by atoms with Gasteiger partial charge in [-0.05, 0) is 6.07 Å². The van der Waals surface area contributed by atoms with Crippen molar-refractivity contribution < 1.29 is 15.5 Å². The van der Waals surface area contributed by atoms with E-state index in [1.807, 2.05) is 6.20 Å². The van der Waals surface area contributed by atoms with Gasteiger partial charge in [-0.25, -0.2) is 4.98 Å². The van der Waals surface area contributed by atoms with Crippen molar-refractivity contribution in [2.75, 3.05) is 31.2 Å². The number of anilines is 1. The van der Waals surface area contributed by atoms with Crippen LogP contribution in [0.25, 0.3) is 0 Å². The maximum Gasteiger partial charge on any atom is 0.274 e. The molecule has 4 N–H and O–H groups in total. The van der Waals surface area contributed by atoms with E-state index in [2.05, 4.69) is 27.8 Å². The normalized spacial score (nSPS) is 17.1. The first-order valence-corrected chi connectivity index (χ1v) is 5.02. The molecule has 14 heavy (non-hydrogen) atoms. The minimum Gasteiger partial charge on any atom is -0.373 e. The Hall–Kier alpha value is -1.13. The zero-order valence-electron chi connectivity index (χ0n) is 8.33. The smallest absolute Gasteiger partial charge is 0.274 e. The summed E-state index contributed by atoms with van der Waals surface area (Å²) in [5.41, 5.74) is 5.15. The zero-order chi connectivity index (χ0) is 9.80. The van der Waals surface area contributed by atoms with Gasteiger partial charge >= 0.3 is 0 Å². The second kappa shape index (κ2) is 4.39. The Labute approximate surface area is 83.7 Å². The van der Waals surface area contributed by atoms with Crippen LogP contribution in [0.1, 0.15) is 5.56 Å². The van der Waals surface area contributed by atoms with Crippen LogP contribution in [0.3, 0.4) is 0 Å². The second-order valence-corrected chi connectivity index (χ2v) is 3.43. The molecule has 2 rings (SSSR count). The number of pyridine rings is 1. The molecule has 0 bridgehead atoms. The fourth-order valence-electron chi connectivity index (χ4n) is 1.64. The van der Waals surface area contributed by atoms with Crippen LogP contribution in [-0.4, -0.2) is 26.3 Å². The SMILES string of the molecule is [NH3+]Cc1cc[nH+]c(N2CCOCC2)c1. The van der Waals surface area contributed by atoms with E-state index in [9.17, 15) is 0 Å². The Morgan fingerprint density at radius 2 is 2.21 bits per heavy atom. The highest BCUT2D eigenvalue weighted by atomic mass is 16.5. The van der Waals surface area contributed by atoms with Crippen LogP contribution in [0.2, 0.25) is 0 Å². The van der Waals surface area contributed by atoms with E-state index < -0.39 is 0 Å². The monoisotopic (exact) mass is 195 g/mol. The second-order valence-electron chi connectivity index (χ2n) is 3.43. The van der Waals surface area contributed by atoms with Crippen molar-refractivity contribution in [2.45, 2.75) is 6.54 Å². The molecule has 0 aliphatic carbocycles. The number of morpholine rings is 1. The van der Waals surface area contributed by atoms with Crippen LogP contribution in [0.4, 0.5) is 5.82 Å². The molecule has 0 atom stereocenters. The van der Waals surface area contributed by atoms with Crippen molar-refractivity contribution in [3.05, 3.63) is 23.9 Å². The first-order chi connectivity index (χ1) is 6.90. The fraction of sp³-hybridized carbons (Fsp3) is 0.500. The van der Waals surface area contributed by atoms with E-state index in [1.54, 1.807) is 0 Å². The molecule has 4 heteroatoms. The largest absolute Gasteiger partial charge is 0.373 e. The van der Waals surface area contributed by atoms with Gasteiger partial charge in [0.1, 0.15) is 19.6 Å². The molecule has 1 aromatic heterocycles. The third kappa shape index (κ3) is 2.02. The lowest BCUT2D eigenvalue weighted by Crippen LogP contribution is -2.47. The number of hydrogen-bond acceptors (Lipinski definition) is 2. The summed E-state index contributed by atoms with van der Waals surface area (Å²) >= 11 is 0. The van der Waals surface area contributed by atoms with E-state index in [4.69, 9.17) is 4.74 Å². The van der Waals surface area contributed by atoms with Crippen LogP contribution >= 0.6 is 0 Å². The van der Waals surface area contributed by atoms with Gasteiger partial charge in [0, 0.05) is 11.6 Å². The van der Waals surface area contributed by atoms with Crippen molar-refractivity contribution in [3.8, 4) is 0 Å². The Morgan fingerprint density at radius 3 is 2.93 bits per heavy atom. The lowest BCUT2D eigenvalue weighted by atomic mass is 10.2. The molecule has 0 saturated carbocycles. The summed E-state index contributed by atoms with van der Waals surface area (Å²) in [5.74, 6) is 1.18. The van der Waals surface area contributed by atoms with E-state index in [0.29, 0.717) is 0 Å². The van der Waals surface area contributed by atoms with Gasteiger partial charge < -0.3 is 10.5 Å². The van der Waals surface area contributed by atoms with Gasteiger partial charge in [0.25, 0.3) is 5.82 Å². The van der Waals surface area contributed by atoms with Crippen molar-refractivity contribution in [3.63, 3.8) is 0 Å². The average molecular weight is 195 g/mol. The molecule has 4 nitrogen and oxygen atoms in total. The van der Waals surface area contributed by atoms with E-state index >= 15 is 0 Å². The van der Waals surface area contributed by atoms with Crippen LogP contribution < -0.4 is 15.6 Å². The molecule has 1 aromatic rings. The number of hydrogen-bond donors (Lipinski definition) is 1. The third-order valence-corrected chi connectivity index (χ3v) is 2.49. The summed E-state index contributed by atoms with van der Waals surface area (Å²) in [7, 11) is 0. The van der Waals surface area contributed by atoms with Gasteiger partial charge in [-0.1, -0.05) is 0 Å². The number of nitrogens with one attached hydrogen (secondary N) is 1. The number of rotatable bonds is 2. The van der Waals surface area contributed by atoms with Gasteiger partial charge in [0.15, 0.2) is 0 Å². The lowest BCUT2D eigenvalue weighted by molar-refractivity contribution is -0.389. The number of aromatic nitrogens is 1. The highest BCUT2D eigenvalue weighted by molar-refractivity contribution is 5.35. The molecule has 0 unspecified atom stereocenters. The Balaban J connectivity index is 2.13. The third-order valence-electron chi connectivity index (χ3n) is 2.49. The van der Waals surface area contributed by atoms with E-state index in [0.717, 1.165) is 32.8 Å². The standard InChI is InChI=1S/C10H15N3O/c11-8-9-1-2-12-10(7-9)13-3-5-14-6-4-13/h1-2,7H,3-6,8,11H2/p+2. The maximum atomic E-state index is 5.31. The first kappa shape index (κ1) is 9.43.